The molecule has 0 aliphatic carbocycles. The molecule has 0 aromatic rings. The van der Waals surface area contributed by atoms with Crippen LogP contribution in [-0.4, -0.2) is 18.0 Å². The Bertz CT molecular complexity index is 222. The molecule has 1 heterocycles. The van der Waals surface area contributed by atoms with E-state index in [1.165, 1.54) is 24.1 Å². The SMILES string of the molecule is CN1C(=O)O[N-]C1=CC=C[O-]. The van der Waals surface area contributed by atoms with E-state index in [2.05, 4.69) is 10.3 Å². The van der Waals surface area contributed by atoms with E-state index in [0.29, 0.717) is 12.1 Å². The first-order valence-corrected chi connectivity index (χ1v) is 2.90. The topological polar surface area (TPSA) is 66.7 Å². The zero-order valence-corrected chi connectivity index (χ0v) is 5.85. The highest BCUT2D eigenvalue weighted by atomic mass is 16.7. The average molecular weight is 154 g/mol. The molecule has 5 nitrogen and oxygen atoms in total. The molecule has 1 rings (SSSR count). The number of carbonyl (C=O) groups is 1. The minimum Gasteiger partial charge on any atom is -0.878 e. The van der Waals surface area contributed by atoms with Crippen molar-refractivity contribution in [3.8, 4) is 0 Å². The lowest BCUT2D eigenvalue weighted by atomic mass is 10.5. The molecular weight excluding hydrogens is 148 g/mol. The molecule has 0 aromatic carbocycles. The highest BCUT2D eigenvalue weighted by Gasteiger charge is 2.11. The summed E-state index contributed by atoms with van der Waals surface area (Å²) in [6, 6.07) is 0. The Morgan fingerprint density at radius 1 is 1.73 bits per heavy atom. The molecule has 0 spiro atoms. The first-order chi connectivity index (χ1) is 5.25. The number of nitrogens with zero attached hydrogens (tertiary/aromatic N) is 2. The summed E-state index contributed by atoms with van der Waals surface area (Å²) in [5, 5.41) is 9.86. The maximum atomic E-state index is 10.6. The number of hydrogen-bond donors (Lipinski definition) is 0. The van der Waals surface area contributed by atoms with E-state index in [-0.39, 0.29) is 0 Å². The first-order valence-electron chi connectivity index (χ1n) is 2.90. The third-order valence-electron chi connectivity index (χ3n) is 1.16. The molecule has 0 radical (unpaired) electrons. The van der Waals surface area contributed by atoms with Crippen molar-refractivity contribution < 1.29 is 14.7 Å². The molecule has 0 saturated carbocycles. The van der Waals surface area contributed by atoms with E-state index >= 15 is 0 Å². The van der Waals surface area contributed by atoms with Crippen molar-refractivity contribution in [3.63, 3.8) is 0 Å². The maximum Gasteiger partial charge on any atom is 0.337 e. The maximum absolute atomic E-state index is 10.6. The molecule has 0 aromatic heterocycles. The van der Waals surface area contributed by atoms with Crippen molar-refractivity contribution >= 4 is 6.09 Å². The molecule has 0 bridgehead atoms. The zero-order chi connectivity index (χ0) is 8.27. The highest BCUT2D eigenvalue weighted by Crippen LogP contribution is 2.20. The van der Waals surface area contributed by atoms with Crippen molar-refractivity contribution in [2.75, 3.05) is 7.05 Å². The van der Waals surface area contributed by atoms with Crippen LogP contribution in [0.5, 0.6) is 0 Å². The van der Waals surface area contributed by atoms with Crippen LogP contribution in [0.15, 0.2) is 24.2 Å². The second kappa shape index (κ2) is 2.96. The van der Waals surface area contributed by atoms with E-state index < -0.39 is 6.09 Å². The Kier molecular flexibility index (Phi) is 2.00. The lowest BCUT2D eigenvalue weighted by molar-refractivity contribution is -0.274. The lowest BCUT2D eigenvalue weighted by Crippen LogP contribution is -2.16. The van der Waals surface area contributed by atoms with Crippen LogP contribution in [0.1, 0.15) is 0 Å². The van der Waals surface area contributed by atoms with Crippen LogP contribution in [0.4, 0.5) is 4.79 Å². The summed E-state index contributed by atoms with van der Waals surface area (Å²) >= 11 is 0. The van der Waals surface area contributed by atoms with E-state index in [9.17, 15) is 9.90 Å². The van der Waals surface area contributed by atoms with Crippen LogP contribution in [-0.2, 0) is 4.84 Å². The Labute approximate surface area is 63.5 Å². The van der Waals surface area contributed by atoms with E-state index in [4.69, 9.17) is 0 Å². The summed E-state index contributed by atoms with van der Waals surface area (Å²) in [4.78, 5) is 16.1. The Balaban J connectivity index is 2.68. The van der Waals surface area contributed by atoms with Gasteiger partial charge in [-0.2, -0.15) is 0 Å². The van der Waals surface area contributed by atoms with Crippen molar-refractivity contribution in [2.24, 2.45) is 0 Å². The summed E-state index contributed by atoms with van der Waals surface area (Å²) in [5.41, 5.74) is 3.38. The fourth-order valence-corrected chi connectivity index (χ4v) is 0.569. The molecule has 0 N–H and O–H groups in total. The molecule has 11 heavy (non-hydrogen) atoms. The fourth-order valence-electron chi connectivity index (χ4n) is 0.569. The van der Waals surface area contributed by atoms with Gasteiger partial charge in [0.15, 0.2) is 0 Å². The van der Waals surface area contributed by atoms with Crippen LogP contribution in [0.2, 0.25) is 0 Å². The molecule has 5 heteroatoms. The number of allylic oxidation sites excluding steroid dienone is 2. The molecule has 1 aliphatic heterocycles. The molecule has 60 valence electrons. The minimum absolute atomic E-state index is 0.321. The minimum atomic E-state index is -0.546. The number of hydrogen-bond acceptors (Lipinski definition) is 3. The van der Waals surface area contributed by atoms with Gasteiger partial charge in [0.05, 0.1) is 0 Å². The van der Waals surface area contributed by atoms with Gasteiger partial charge in [0.1, 0.15) is 0 Å². The van der Waals surface area contributed by atoms with Crippen molar-refractivity contribution in [2.45, 2.75) is 0 Å². The van der Waals surface area contributed by atoms with Crippen LogP contribution in [0.3, 0.4) is 0 Å². The van der Waals surface area contributed by atoms with Gasteiger partial charge < -0.3 is 14.8 Å². The van der Waals surface area contributed by atoms with E-state index in [1.54, 1.807) is 0 Å². The quantitative estimate of drug-likeness (QED) is 0.502. The summed E-state index contributed by atoms with van der Waals surface area (Å²) in [6.45, 7) is 0. The highest BCUT2D eigenvalue weighted by molar-refractivity contribution is 5.74. The van der Waals surface area contributed by atoms with Gasteiger partial charge in [-0.3, -0.25) is 5.48 Å². The second-order valence-corrected chi connectivity index (χ2v) is 1.86. The summed E-state index contributed by atoms with van der Waals surface area (Å²) in [5.74, 6) is 0.321. The van der Waals surface area contributed by atoms with Crippen LogP contribution >= 0.6 is 0 Å². The molecule has 1 aliphatic rings. The van der Waals surface area contributed by atoms with E-state index in [1.807, 2.05) is 0 Å². The predicted octanol–water partition coefficient (Wildman–Crippen LogP) is 0.0725. The van der Waals surface area contributed by atoms with Crippen LogP contribution in [0.25, 0.3) is 5.48 Å². The largest absolute Gasteiger partial charge is 0.878 e. The van der Waals surface area contributed by atoms with Gasteiger partial charge in [0.2, 0.25) is 0 Å². The molecule has 1 amide bonds. The van der Waals surface area contributed by atoms with Gasteiger partial charge >= 0.3 is 6.09 Å². The smallest absolute Gasteiger partial charge is 0.337 e. The summed E-state index contributed by atoms with van der Waals surface area (Å²) < 4.78 is 0. The Hall–Kier alpha value is -1.65. The Morgan fingerprint density at radius 2 is 2.45 bits per heavy atom. The fraction of sp³-hybridized carbons (Fsp3) is 0.167. The van der Waals surface area contributed by atoms with Crippen molar-refractivity contribution in [1.29, 1.82) is 0 Å². The van der Waals surface area contributed by atoms with Crippen molar-refractivity contribution in [1.82, 2.24) is 4.90 Å². The molecule has 1 fully saturated rings. The number of carbonyl (C=O) groups excluding carboxylic acids is 1. The lowest BCUT2D eigenvalue weighted by Gasteiger charge is -2.13. The normalized spacial score (nSPS) is 21.0. The standard InChI is InChI=1S/C6H7N2O3/c1-8-5(3-2-4-9)7-11-6(8)10/h2-4,9H,1H3/q-1/p-1. The van der Waals surface area contributed by atoms with Gasteiger partial charge in [-0.1, -0.05) is 19.2 Å². The molecule has 0 unspecified atom stereocenters. The third kappa shape index (κ3) is 1.43. The van der Waals surface area contributed by atoms with Gasteiger partial charge in [0, 0.05) is 0 Å². The molecule has 1 saturated heterocycles. The number of rotatable bonds is 1. The van der Waals surface area contributed by atoms with Gasteiger partial charge in [0.25, 0.3) is 0 Å². The Morgan fingerprint density at radius 3 is 2.91 bits per heavy atom. The van der Waals surface area contributed by atoms with Gasteiger partial charge in [-0.25, -0.2) is 4.79 Å². The molecular formula is C6H6N2O3-2. The van der Waals surface area contributed by atoms with E-state index in [0.717, 1.165) is 0 Å². The van der Waals surface area contributed by atoms with Crippen LogP contribution in [0, 0.1) is 0 Å². The second-order valence-electron chi connectivity index (χ2n) is 1.86. The predicted molar refractivity (Wildman–Crippen MR) is 34.8 cm³/mol. The van der Waals surface area contributed by atoms with Gasteiger partial charge in [-0.15, -0.1) is 6.26 Å². The van der Waals surface area contributed by atoms with Gasteiger partial charge in [-0.05, 0) is 5.82 Å². The summed E-state index contributed by atoms with van der Waals surface area (Å²) in [6.07, 6.45) is 2.67. The average Bonchev–Trinajstić information content (AvgIpc) is 2.31. The first kappa shape index (κ1) is 7.46. The third-order valence-corrected chi connectivity index (χ3v) is 1.16. The summed E-state index contributed by atoms with van der Waals surface area (Å²) in [7, 11) is 1.50. The van der Waals surface area contributed by atoms with Crippen molar-refractivity contribution in [3.05, 3.63) is 29.7 Å². The monoisotopic (exact) mass is 154 g/mol. The number of amides is 1. The zero-order valence-electron chi connectivity index (χ0n) is 5.85. The molecule has 0 atom stereocenters. The van der Waals surface area contributed by atoms with Crippen LogP contribution < -0.4 is 5.11 Å². The number of hydroxylamine groups is 1.